The van der Waals surface area contributed by atoms with Crippen molar-refractivity contribution in [1.29, 1.82) is 0 Å². The second-order valence-electron chi connectivity index (χ2n) is 7.45. The van der Waals surface area contributed by atoms with Crippen LogP contribution >= 0.6 is 22.9 Å². The van der Waals surface area contributed by atoms with Crippen LogP contribution in [0.3, 0.4) is 0 Å². The van der Waals surface area contributed by atoms with E-state index in [-0.39, 0.29) is 17.9 Å². The molecule has 1 saturated heterocycles. The molecule has 2 aromatic rings. The molecule has 0 spiro atoms. The van der Waals surface area contributed by atoms with Gasteiger partial charge in [0.1, 0.15) is 0 Å². The number of rotatable bonds is 4. The zero-order valence-corrected chi connectivity index (χ0v) is 18.0. The Hall–Kier alpha value is -2.15. The number of thiophene rings is 1. The molecule has 2 aliphatic rings. The molecule has 0 aliphatic carbocycles. The van der Waals surface area contributed by atoms with Gasteiger partial charge in [-0.2, -0.15) is 0 Å². The predicted octanol–water partition coefficient (Wildman–Crippen LogP) is 4.01. The molecule has 1 atom stereocenters. The number of hydrogen-bond donors (Lipinski definition) is 0. The third kappa shape index (κ3) is 4.55. The third-order valence-corrected chi connectivity index (χ3v) is 6.79. The van der Waals surface area contributed by atoms with Crippen molar-refractivity contribution < 1.29 is 9.59 Å². The van der Waals surface area contributed by atoms with Gasteiger partial charge >= 0.3 is 0 Å². The zero-order valence-electron chi connectivity index (χ0n) is 16.4. The van der Waals surface area contributed by atoms with Crippen LogP contribution in [0, 0.1) is 0 Å². The summed E-state index contributed by atoms with van der Waals surface area (Å²) in [6, 6.07) is 11.7. The van der Waals surface area contributed by atoms with Gasteiger partial charge < -0.3 is 9.80 Å². The topological polar surface area (TPSA) is 43.9 Å². The van der Waals surface area contributed by atoms with E-state index < -0.39 is 0 Å². The predicted molar refractivity (Wildman–Crippen MR) is 117 cm³/mol. The van der Waals surface area contributed by atoms with Gasteiger partial charge in [-0.3, -0.25) is 14.5 Å². The molecule has 1 aromatic heterocycles. The van der Waals surface area contributed by atoms with E-state index >= 15 is 0 Å². The van der Waals surface area contributed by atoms with E-state index in [4.69, 9.17) is 11.6 Å². The van der Waals surface area contributed by atoms with E-state index in [1.54, 1.807) is 29.4 Å². The minimum Gasteiger partial charge on any atom is -0.340 e. The SMILES string of the molecule is CC(=O)N1C=Cc2ccccc2C1CC(=O)N1CCN(Cc2ccc(Cl)s2)CC1. The van der Waals surface area contributed by atoms with E-state index in [1.807, 2.05) is 41.3 Å². The van der Waals surface area contributed by atoms with Crippen LogP contribution in [-0.4, -0.2) is 52.7 Å². The summed E-state index contributed by atoms with van der Waals surface area (Å²) < 4.78 is 0.811. The first-order valence-corrected chi connectivity index (χ1v) is 11.0. The Kier molecular flexibility index (Phi) is 6.04. The average Bonchev–Trinajstić information content (AvgIpc) is 3.13. The highest BCUT2D eigenvalue weighted by Gasteiger charge is 2.31. The molecule has 3 heterocycles. The molecule has 0 bridgehead atoms. The fraction of sp³-hybridized carbons (Fsp3) is 0.364. The van der Waals surface area contributed by atoms with Crippen LogP contribution in [0.15, 0.2) is 42.6 Å². The number of benzene rings is 1. The maximum Gasteiger partial charge on any atom is 0.225 e. The van der Waals surface area contributed by atoms with Gasteiger partial charge in [-0.25, -0.2) is 0 Å². The molecule has 2 aliphatic heterocycles. The second kappa shape index (κ2) is 8.69. The summed E-state index contributed by atoms with van der Waals surface area (Å²) in [5.41, 5.74) is 2.11. The van der Waals surface area contributed by atoms with Gasteiger partial charge in [-0.15, -0.1) is 11.3 Å². The van der Waals surface area contributed by atoms with Crippen molar-refractivity contribution in [3.8, 4) is 0 Å². The van der Waals surface area contributed by atoms with Gasteiger partial charge in [0.25, 0.3) is 0 Å². The number of amides is 2. The van der Waals surface area contributed by atoms with Crippen molar-refractivity contribution in [3.05, 3.63) is 62.9 Å². The van der Waals surface area contributed by atoms with E-state index in [0.717, 1.165) is 35.1 Å². The minimum atomic E-state index is -0.243. The lowest BCUT2D eigenvalue weighted by Gasteiger charge is -2.37. The Morgan fingerprint density at radius 1 is 1.10 bits per heavy atom. The molecule has 4 rings (SSSR count). The molecule has 1 aromatic carbocycles. The van der Waals surface area contributed by atoms with Crippen molar-refractivity contribution in [2.45, 2.75) is 25.9 Å². The number of carbonyl (C=O) groups excluding carboxylic acids is 2. The molecular weight excluding hydrogens is 406 g/mol. The fourth-order valence-electron chi connectivity index (χ4n) is 4.02. The molecule has 0 N–H and O–H groups in total. The van der Waals surface area contributed by atoms with E-state index in [2.05, 4.69) is 11.0 Å². The van der Waals surface area contributed by atoms with Crippen molar-refractivity contribution in [2.24, 2.45) is 0 Å². The summed E-state index contributed by atoms with van der Waals surface area (Å²) in [6.45, 7) is 5.53. The normalized spacial score (nSPS) is 19.3. The molecule has 29 heavy (non-hydrogen) atoms. The van der Waals surface area contributed by atoms with Crippen molar-refractivity contribution in [3.63, 3.8) is 0 Å². The molecular formula is C22H24ClN3O2S. The van der Waals surface area contributed by atoms with Gasteiger partial charge in [0.05, 0.1) is 16.8 Å². The molecule has 152 valence electrons. The van der Waals surface area contributed by atoms with Gasteiger partial charge in [0, 0.05) is 50.7 Å². The first-order valence-electron chi connectivity index (χ1n) is 9.81. The van der Waals surface area contributed by atoms with Gasteiger partial charge in [-0.05, 0) is 29.3 Å². The van der Waals surface area contributed by atoms with Crippen LogP contribution in [0.25, 0.3) is 6.08 Å². The zero-order chi connectivity index (χ0) is 20.4. The number of hydrogen-bond acceptors (Lipinski definition) is 4. The number of halogens is 1. The van der Waals surface area contributed by atoms with E-state index in [1.165, 1.54) is 4.88 Å². The summed E-state index contributed by atoms with van der Waals surface area (Å²) in [5.74, 6) is 0.0538. The summed E-state index contributed by atoms with van der Waals surface area (Å²) >= 11 is 7.63. The van der Waals surface area contributed by atoms with Gasteiger partial charge in [-0.1, -0.05) is 35.9 Å². The quantitative estimate of drug-likeness (QED) is 0.737. The Morgan fingerprint density at radius 2 is 1.86 bits per heavy atom. The summed E-state index contributed by atoms with van der Waals surface area (Å²) in [5, 5.41) is 0. The summed E-state index contributed by atoms with van der Waals surface area (Å²) in [6.07, 6.45) is 4.04. The Labute approximate surface area is 180 Å². The molecule has 5 nitrogen and oxygen atoms in total. The number of fused-ring (bicyclic) bond motifs is 1. The lowest BCUT2D eigenvalue weighted by atomic mass is 9.93. The van der Waals surface area contributed by atoms with Gasteiger partial charge in [0.2, 0.25) is 11.8 Å². The Bertz CT molecular complexity index is 934. The standard InChI is InChI=1S/C22H24ClN3O2S/c1-16(27)26-9-8-17-4-2-3-5-19(17)20(26)14-22(28)25-12-10-24(11-13-25)15-18-6-7-21(23)29-18/h2-9,20H,10-15H2,1H3. The number of carbonyl (C=O) groups is 2. The first-order chi connectivity index (χ1) is 14.0. The molecule has 7 heteroatoms. The fourth-order valence-corrected chi connectivity index (χ4v) is 5.15. The molecule has 0 radical (unpaired) electrons. The molecule has 0 saturated carbocycles. The highest BCUT2D eigenvalue weighted by molar-refractivity contribution is 7.16. The van der Waals surface area contributed by atoms with Gasteiger partial charge in [0.15, 0.2) is 0 Å². The van der Waals surface area contributed by atoms with E-state index in [9.17, 15) is 9.59 Å². The summed E-state index contributed by atoms with van der Waals surface area (Å²) in [7, 11) is 0. The Morgan fingerprint density at radius 3 is 2.55 bits per heavy atom. The van der Waals surface area contributed by atoms with Crippen molar-refractivity contribution >= 4 is 40.8 Å². The third-order valence-electron chi connectivity index (χ3n) is 5.57. The van der Waals surface area contributed by atoms with Crippen LogP contribution in [0.1, 0.15) is 35.4 Å². The monoisotopic (exact) mass is 429 g/mol. The lowest BCUT2D eigenvalue weighted by molar-refractivity contribution is -0.136. The maximum absolute atomic E-state index is 13.0. The summed E-state index contributed by atoms with van der Waals surface area (Å²) in [4.78, 5) is 32.4. The number of nitrogens with zero attached hydrogens (tertiary/aromatic N) is 3. The molecule has 2 amide bonds. The molecule has 1 fully saturated rings. The number of piperazine rings is 1. The first kappa shape index (κ1) is 20.1. The lowest BCUT2D eigenvalue weighted by Crippen LogP contribution is -2.49. The smallest absolute Gasteiger partial charge is 0.225 e. The van der Waals surface area contributed by atoms with Crippen LogP contribution in [0.2, 0.25) is 4.34 Å². The largest absolute Gasteiger partial charge is 0.340 e. The van der Waals surface area contributed by atoms with E-state index in [0.29, 0.717) is 19.5 Å². The minimum absolute atomic E-state index is 0.0482. The van der Waals surface area contributed by atoms with Crippen LogP contribution in [-0.2, 0) is 16.1 Å². The average molecular weight is 430 g/mol. The van der Waals surface area contributed by atoms with Crippen LogP contribution in [0.4, 0.5) is 0 Å². The van der Waals surface area contributed by atoms with Crippen molar-refractivity contribution in [2.75, 3.05) is 26.2 Å². The molecule has 1 unspecified atom stereocenters. The Balaban J connectivity index is 1.38. The van der Waals surface area contributed by atoms with Crippen LogP contribution in [0.5, 0.6) is 0 Å². The second-order valence-corrected chi connectivity index (χ2v) is 9.25. The highest BCUT2D eigenvalue weighted by Crippen LogP contribution is 2.33. The highest BCUT2D eigenvalue weighted by atomic mass is 35.5. The maximum atomic E-state index is 13.0. The van der Waals surface area contributed by atoms with Crippen molar-refractivity contribution in [1.82, 2.24) is 14.7 Å². The van der Waals surface area contributed by atoms with Crippen LogP contribution < -0.4 is 0 Å².